The van der Waals surface area contributed by atoms with Crippen molar-refractivity contribution in [3.05, 3.63) is 82.8 Å². The fourth-order valence-corrected chi connectivity index (χ4v) is 4.08. The SMILES string of the molecule is CC(C(=O)c1ccccc1)n1c2ccc(Br)cc2c2nc3ccccc3nc21. The van der Waals surface area contributed by atoms with Gasteiger partial charge in [0, 0.05) is 15.4 Å². The number of para-hydroxylation sites is 2. The maximum atomic E-state index is 13.2. The minimum Gasteiger partial charge on any atom is -0.313 e. The van der Waals surface area contributed by atoms with Crippen LogP contribution in [-0.4, -0.2) is 20.3 Å². The molecule has 136 valence electrons. The fourth-order valence-electron chi connectivity index (χ4n) is 3.71. The summed E-state index contributed by atoms with van der Waals surface area (Å²) in [5.41, 5.74) is 4.83. The lowest BCUT2D eigenvalue weighted by Crippen LogP contribution is -2.17. The van der Waals surface area contributed by atoms with Crippen LogP contribution in [0.2, 0.25) is 0 Å². The Balaban J connectivity index is 1.83. The summed E-state index contributed by atoms with van der Waals surface area (Å²) in [7, 11) is 0. The Morgan fingerprint density at radius 2 is 1.61 bits per heavy atom. The molecule has 0 aliphatic heterocycles. The number of hydrogen-bond donors (Lipinski definition) is 0. The molecular formula is C23H16BrN3O. The van der Waals surface area contributed by atoms with Crippen molar-refractivity contribution in [1.82, 2.24) is 14.5 Å². The van der Waals surface area contributed by atoms with Crippen molar-refractivity contribution in [2.45, 2.75) is 13.0 Å². The van der Waals surface area contributed by atoms with E-state index in [2.05, 4.69) is 15.9 Å². The molecule has 2 aromatic heterocycles. The normalized spacial score (nSPS) is 12.6. The van der Waals surface area contributed by atoms with Crippen LogP contribution in [0.4, 0.5) is 0 Å². The first kappa shape index (κ1) is 17.1. The smallest absolute Gasteiger partial charge is 0.185 e. The number of carbonyl (C=O) groups is 1. The van der Waals surface area contributed by atoms with Crippen LogP contribution in [0.15, 0.2) is 77.3 Å². The molecule has 0 bridgehead atoms. The number of aromatic nitrogens is 3. The predicted molar refractivity (Wildman–Crippen MR) is 116 cm³/mol. The van der Waals surface area contributed by atoms with Crippen molar-refractivity contribution < 1.29 is 4.79 Å². The van der Waals surface area contributed by atoms with E-state index in [-0.39, 0.29) is 5.78 Å². The number of carbonyl (C=O) groups excluding carboxylic acids is 1. The van der Waals surface area contributed by atoms with Gasteiger partial charge in [0.25, 0.3) is 0 Å². The molecule has 2 heterocycles. The van der Waals surface area contributed by atoms with Crippen molar-refractivity contribution in [3.8, 4) is 0 Å². The molecule has 0 aliphatic rings. The molecule has 0 fully saturated rings. The van der Waals surface area contributed by atoms with Crippen LogP contribution in [-0.2, 0) is 0 Å². The lowest BCUT2D eigenvalue weighted by Gasteiger charge is -2.15. The maximum Gasteiger partial charge on any atom is 0.185 e. The van der Waals surface area contributed by atoms with Gasteiger partial charge in [-0.05, 0) is 37.3 Å². The van der Waals surface area contributed by atoms with Crippen molar-refractivity contribution in [2.24, 2.45) is 0 Å². The fraction of sp³-hybridized carbons (Fsp3) is 0.0870. The van der Waals surface area contributed by atoms with Crippen molar-refractivity contribution in [1.29, 1.82) is 0 Å². The minimum atomic E-state index is -0.404. The summed E-state index contributed by atoms with van der Waals surface area (Å²) in [4.78, 5) is 22.9. The van der Waals surface area contributed by atoms with E-state index < -0.39 is 6.04 Å². The van der Waals surface area contributed by atoms with Gasteiger partial charge in [0.2, 0.25) is 0 Å². The first-order chi connectivity index (χ1) is 13.6. The molecule has 5 aromatic rings. The zero-order valence-corrected chi connectivity index (χ0v) is 16.7. The third-order valence-corrected chi connectivity index (χ3v) is 5.57. The van der Waals surface area contributed by atoms with Gasteiger partial charge in [-0.1, -0.05) is 58.4 Å². The third-order valence-electron chi connectivity index (χ3n) is 5.08. The van der Waals surface area contributed by atoms with Gasteiger partial charge in [0.15, 0.2) is 11.4 Å². The van der Waals surface area contributed by atoms with Crippen molar-refractivity contribution in [2.75, 3.05) is 0 Å². The van der Waals surface area contributed by atoms with Gasteiger partial charge in [0.1, 0.15) is 5.52 Å². The molecule has 5 rings (SSSR count). The van der Waals surface area contributed by atoms with Crippen LogP contribution in [0.3, 0.4) is 0 Å². The molecule has 0 N–H and O–H groups in total. The van der Waals surface area contributed by atoms with Gasteiger partial charge in [-0.3, -0.25) is 4.79 Å². The minimum absolute atomic E-state index is 0.0530. The molecule has 3 aromatic carbocycles. The maximum absolute atomic E-state index is 13.2. The van der Waals surface area contributed by atoms with Gasteiger partial charge in [-0.2, -0.15) is 0 Å². The summed E-state index contributed by atoms with van der Waals surface area (Å²) >= 11 is 3.56. The summed E-state index contributed by atoms with van der Waals surface area (Å²) in [5, 5.41) is 0.982. The van der Waals surface area contributed by atoms with Crippen LogP contribution in [0.1, 0.15) is 23.3 Å². The molecule has 0 aliphatic carbocycles. The quantitative estimate of drug-likeness (QED) is 0.333. The van der Waals surface area contributed by atoms with Crippen molar-refractivity contribution >= 4 is 54.8 Å². The zero-order valence-electron chi connectivity index (χ0n) is 15.1. The lowest BCUT2D eigenvalue weighted by molar-refractivity contribution is 0.0939. The summed E-state index contributed by atoms with van der Waals surface area (Å²) < 4.78 is 2.97. The number of fused-ring (bicyclic) bond motifs is 4. The van der Waals surface area contributed by atoms with Crippen molar-refractivity contribution in [3.63, 3.8) is 0 Å². The monoisotopic (exact) mass is 429 g/mol. The number of hydrogen-bond acceptors (Lipinski definition) is 3. The number of Topliss-reactive ketones (excluding diaryl/α,β-unsaturated/α-hetero) is 1. The molecule has 0 radical (unpaired) electrons. The Morgan fingerprint density at radius 3 is 2.36 bits per heavy atom. The van der Waals surface area contributed by atoms with Gasteiger partial charge in [-0.25, -0.2) is 9.97 Å². The number of ketones is 1. The topological polar surface area (TPSA) is 47.8 Å². The Labute approximate surface area is 170 Å². The van der Waals surface area contributed by atoms with Gasteiger partial charge in [0.05, 0.1) is 22.6 Å². The second-order valence-corrected chi connectivity index (χ2v) is 7.74. The first-order valence-corrected chi connectivity index (χ1v) is 9.88. The average Bonchev–Trinajstić information content (AvgIpc) is 3.04. The van der Waals surface area contributed by atoms with E-state index in [0.717, 1.165) is 37.6 Å². The molecule has 1 atom stereocenters. The summed E-state index contributed by atoms with van der Waals surface area (Å²) in [6.45, 7) is 1.92. The second kappa shape index (κ2) is 6.53. The highest BCUT2D eigenvalue weighted by Gasteiger charge is 2.23. The second-order valence-electron chi connectivity index (χ2n) is 6.82. The Hall–Kier alpha value is -3.05. The molecular weight excluding hydrogens is 414 g/mol. The van der Waals surface area contributed by atoms with Crippen LogP contribution in [0, 0.1) is 0 Å². The van der Waals surface area contributed by atoms with E-state index >= 15 is 0 Å². The predicted octanol–water partition coefficient (Wildman–Crippen LogP) is 5.94. The molecule has 0 amide bonds. The highest BCUT2D eigenvalue weighted by atomic mass is 79.9. The molecule has 4 nitrogen and oxygen atoms in total. The lowest BCUT2D eigenvalue weighted by atomic mass is 10.1. The third kappa shape index (κ3) is 2.62. The highest BCUT2D eigenvalue weighted by molar-refractivity contribution is 9.10. The van der Waals surface area contributed by atoms with E-state index in [1.807, 2.05) is 84.3 Å². The summed E-state index contributed by atoms with van der Waals surface area (Å²) in [6.07, 6.45) is 0. The summed E-state index contributed by atoms with van der Waals surface area (Å²) in [6, 6.07) is 22.8. The van der Waals surface area contributed by atoms with Gasteiger partial charge >= 0.3 is 0 Å². The number of halogens is 1. The number of benzene rings is 3. The molecule has 28 heavy (non-hydrogen) atoms. The Bertz CT molecular complexity index is 1360. The van der Waals surface area contributed by atoms with E-state index in [1.54, 1.807) is 0 Å². The van der Waals surface area contributed by atoms with E-state index in [0.29, 0.717) is 5.56 Å². The molecule has 5 heteroatoms. The first-order valence-electron chi connectivity index (χ1n) is 9.09. The van der Waals surface area contributed by atoms with E-state index in [1.165, 1.54) is 0 Å². The van der Waals surface area contributed by atoms with Crippen LogP contribution < -0.4 is 0 Å². The Morgan fingerprint density at radius 1 is 0.929 bits per heavy atom. The largest absolute Gasteiger partial charge is 0.313 e. The number of nitrogens with zero attached hydrogens (tertiary/aromatic N) is 3. The van der Waals surface area contributed by atoms with E-state index in [4.69, 9.17) is 9.97 Å². The van der Waals surface area contributed by atoms with Gasteiger partial charge < -0.3 is 4.57 Å². The van der Waals surface area contributed by atoms with Crippen LogP contribution >= 0.6 is 15.9 Å². The number of rotatable bonds is 3. The van der Waals surface area contributed by atoms with Crippen LogP contribution in [0.5, 0.6) is 0 Å². The summed E-state index contributed by atoms with van der Waals surface area (Å²) in [5.74, 6) is 0.0530. The molecule has 0 saturated carbocycles. The molecule has 1 unspecified atom stereocenters. The average molecular weight is 430 g/mol. The van der Waals surface area contributed by atoms with E-state index in [9.17, 15) is 4.79 Å². The van der Waals surface area contributed by atoms with Gasteiger partial charge in [-0.15, -0.1) is 0 Å². The van der Waals surface area contributed by atoms with Crippen LogP contribution in [0.25, 0.3) is 33.1 Å². The zero-order chi connectivity index (χ0) is 19.3. The Kier molecular flexibility index (Phi) is 3.98. The standard InChI is InChI=1S/C23H16BrN3O/c1-14(22(28)15-7-3-2-4-8-15)27-20-12-11-16(24)13-17(20)21-23(27)26-19-10-6-5-9-18(19)25-21/h2-14H,1H3. The highest BCUT2D eigenvalue weighted by Crippen LogP contribution is 2.33. The molecule has 0 spiro atoms. The molecule has 0 saturated heterocycles.